The van der Waals surface area contributed by atoms with Crippen molar-refractivity contribution in [3.8, 4) is 5.75 Å². The summed E-state index contributed by atoms with van der Waals surface area (Å²) in [6.45, 7) is 3.89. The van der Waals surface area contributed by atoms with Crippen molar-refractivity contribution >= 4 is 17.3 Å². The van der Waals surface area contributed by atoms with Crippen LogP contribution >= 0.6 is 0 Å². The fraction of sp³-hybridized carbons (Fsp3) is 0.500. The van der Waals surface area contributed by atoms with Crippen LogP contribution in [0.4, 0.5) is 11.4 Å². The van der Waals surface area contributed by atoms with Gasteiger partial charge in [0.25, 0.3) is 5.91 Å². The lowest BCUT2D eigenvalue weighted by molar-refractivity contribution is -0.118. The number of hydrogen-bond donors (Lipinski definition) is 2. The van der Waals surface area contributed by atoms with Crippen molar-refractivity contribution in [1.82, 2.24) is 0 Å². The first-order valence-corrected chi connectivity index (χ1v) is 6.58. The molecule has 5 nitrogen and oxygen atoms in total. The Bertz CT molecular complexity index is 462. The van der Waals surface area contributed by atoms with E-state index >= 15 is 0 Å². The molecule has 0 saturated heterocycles. The van der Waals surface area contributed by atoms with E-state index in [1.165, 1.54) is 0 Å². The zero-order chi connectivity index (χ0) is 13.8. The van der Waals surface area contributed by atoms with Crippen LogP contribution < -0.4 is 20.7 Å². The van der Waals surface area contributed by atoms with Crippen molar-refractivity contribution in [3.63, 3.8) is 0 Å². The highest BCUT2D eigenvalue weighted by molar-refractivity contribution is 5.96. The Morgan fingerprint density at radius 1 is 1.53 bits per heavy atom. The lowest BCUT2D eigenvalue weighted by Crippen LogP contribution is -2.26. The maximum absolute atomic E-state index is 11.3. The molecule has 1 aliphatic rings. The number of carbonyl (C=O) groups is 1. The topological polar surface area (TPSA) is 67.6 Å². The van der Waals surface area contributed by atoms with Crippen molar-refractivity contribution in [2.45, 2.75) is 13.3 Å². The number of fused-ring (bicyclic) bond motifs is 1. The molecule has 1 aliphatic heterocycles. The Labute approximate surface area is 113 Å². The molecule has 0 fully saturated rings. The SMILES string of the molecule is CC(CN)CCN(C)c1ccc2c(c1)NC(=O)CO2. The van der Waals surface area contributed by atoms with E-state index in [-0.39, 0.29) is 12.5 Å². The average Bonchev–Trinajstić information content (AvgIpc) is 2.43. The number of nitrogens with one attached hydrogen (secondary N) is 1. The second-order valence-electron chi connectivity index (χ2n) is 5.07. The van der Waals surface area contributed by atoms with Crippen LogP contribution in [-0.4, -0.2) is 32.7 Å². The minimum atomic E-state index is -0.107. The Morgan fingerprint density at radius 3 is 3.05 bits per heavy atom. The van der Waals surface area contributed by atoms with Gasteiger partial charge in [0.1, 0.15) is 5.75 Å². The van der Waals surface area contributed by atoms with Crippen LogP contribution in [0.5, 0.6) is 5.75 Å². The Kier molecular flexibility index (Phi) is 4.27. The molecular formula is C14H21N3O2. The van der Waals surface area contributed by atoms with Crippen molar-refractivity contribution in [1.29, 1.82) is 0 Å². The Morgan fingerprint density at radius 2 is 2.32 bits per heavy atom. The van der Waals surface area contributed by atoms with Gasteiger partial charge in [0.05, 0.1) is 5.69 Å². The monoisotopic (exact) mass is 263 g/mol. The molecule has 104 valence electrons. The van der Waals surface area contributed by atoms with Crippen LogP contribution in [0, 0.1) is 5.92 Å². The summed E-state index contributed by atoms with van der Waals surface area (Å²) in [6, 6.07) is 5.84. The second kappa shape index (κ2) is 5.93. The van der Waals surface area contributed by atoms with Crippen molar-refractivity contribution in [3.05, 3.63) is 18.2 Å². The van der Waals surface area contributed by atoms with Gasteiger partial charge < -0.3 is 20.7 Å². The first kappa shape index (κ1) is 13.7. The Balaban J connectivity index is 2.04. The number of hydrogen-bond acceptors (Lipinski definition) is 4. The molecule has 19 heavy (non-hydrogen) atoms. The molecular weight excluding hydrogens is 242 g/mol. The summed E-state index contributed by atoms with van der Waals surface area (Å²) in [7, 11) is 2.04. The predicted molar refractivity (Wildman–Crippen MR) is 76.7 cm³/mol. The molecule has 0 bridgehead atoms. The van der Waals surface area contributed by atoms with Gasteiger partial charge >= 0.3 is 0 Å². The molecule has 3 N–H and O–H groups in total. The molecule has 0 saturated carbocycles. The lowest BCUT2D eigenvalue weighted by atomic mass is 10.1. The number of benzene rings is 1. The van der Waals surface area contributed by atoms with Crippen LogP contribution in [0.3, 0.4) is 0 Å². The van der Waals surface area contributed by atoms with E-state index < -0.39 is 0 Å². The third-order valence-electron chi connectivity index (χ3n) is 3.40. The van der Waals surface area contributed by atoms with Gasteiger partial charge in [-0.1, -0.05) is 6.92 Å². The molecule has 0 radical (unpaired) electrons. The molecule has 1 aromatic carbocycles. The van der Waals surface area contributed by atoms with Crippen LogP contribution in [0.25, 0.3) is 0 Å². The minimum Gasteiger partial charge on any atom is -0.482 e. The predicted octanol–water partition coefficient (Wildman–Crippen LogP) is 1.44. The van der Waals surface area contributed by atoms with Gasteiger partial charge in [-0.3, -0.25) is 4.79 Å². The summed E-state index contributed by atoms with van der Waals surface area (Å²) in [5, 5.41) is 2.82. The summed E-state index contributed by atoms with van der Waals surface area (Å²) >= 11 is 0. The molecule has 2 rings (SSSR count). The van der Waals surface area contributed by atoms with E-state index in [9.17, 15) is 4.79 Å². The molecule has 1 amide bonds. The van der Waals surface area contributed by atoms with Crippen molar-refractivity contribution < 1.29 is 9.53 Å². The number of ether oxygens (including phenoxy) is 1. The van der Waals surface area contributed by atoms with Crippen molar-refractivity contribution in [2.75, 3.05) is 37.0 Å². The standard InChI is InChI=1S/C14H21N3O2/c1-10(8-15)5-6-17(2)11-3-4-13-12(7-11)16-14(18)9-19-13/h3-4,7,10H,5-6,8-9,15H2,1-2H3,(H,16,18). The molecule has 1 unspecified atom stereocenters. The van der Waals surface area contributed by atoms with Gasteiger partial charge in [0.2, 0.25) is 0 Å². The Hall–Kier alpha value is -1.75. The van der Waals surface area contributed by atoms with Gasteiger partial charge in [-0.15, -0.1) is 0 Å². The highest BCUT2D eigenvalue weighted by atomic mass is 16.5. The molecule has 5 heteroatoms. The summed E-state index contributed by atoms with van der Waals surface area (Å²) in [5.41, 5.74) is 7.43. The molecule has 0 aromatic heterocycles. The van der Waals surface area contributed by atoms with E-state index in [0.29, 0.717) is 12.5 Å². The summed E-state index contributed by atoms with van der Waals surface area (Å²) in [6.07, 6.45) is 1.05. The minimum absolute atomic E-state index is 0.0935. The fourth-order valence-corrected chi connectivity index (χ4v) is 1.97. The van der Waals surface area contributed by atoms with Gasteiger partial charge in [-0.25, -0.2) is 0 Å². The fourth-order valence-electron chi connectivity index (χ4n) is 1.97. The largest absolute Gasteiger partial charge is 0.482 e. The van der Waals surface area contributed by atoms with E-state index in [1.54, 1.807) is 0 Å². The van der Waals surface area contributed by atoms with Crippen LogP contribution in [0.2, 0.25) is 0 Å². The molecule has 1 aromatic rings. The van der Waals surface area contributed by atoms with E-state index in [4.69, 9.17) is 10.5 Å². The summed E-state index contributed by atoms with van der Waals surface area (Å²) < 4.78 is 5.34. The van der Waals surface area contributed by atoms with E-state index in [0.717, 1.165) is 30.1 Å². The highest BCUT2D eigenvalue weighted by Crippen LogP contribution is 2.31. The quantitative estimate of drug-likeness (QED) is 0.843. The lowest BCUT2D eigenvalue weighted by Gasteiger charge is -2.24. The van der Waals surface area contributed by atoms with Gasteiger partial charge in [-0.2, -0.15) is 0 Å². The third-order valence-corrected chi connectivity index (χ3v) is 3.40. The first-order chi connectivity index (χ1) is 9.10. The van der Waals surface area contributed by atoms with Gasteiger partial charge in [-0.05, 0) is 37.1 Å². The maximum atomic E-state index is 11.3. The average molecular weight is 263 g/mol. The zero-order valence-electron chi connectivity index (χ0n) is 11.5. The normalized spacial score (nSPS) is 15.2. The van der Waals surface area contributed by atoms with E-state index in [1.807, 2.05) is 25.2 Å². The zero-order valence-corrected chi connectivity index (χ0v) is 11.5. The second-order valence-corrected chi connectivity index (χ2v) is 5.07. The van der Waals surface area contributed by atoms with E-state index in [2.05, 4.69) is 17.1 Å². The summed E-state index contributed by atoms with van der Waals surface area (Å²) in [5.74, 6) is 1.14. The highest BCUT2D eigenvalue weighted by Gasteiger charge is 2.16. The van der Waals surface area contributed by atoms with Crippen LogP contribution in [-0.2, 0) is 4.79 Å². The number of nitrogens with two attached hydrogens (primary N) is 1. The van der Waals surface area contributed by atoms with Gasteiger partial charge in [0.15, 0.2) is 6.61 Å². The number of carbonyl (C=O) groups excluding carboxylic acids is 1. The number of nitrogens with zero attached hydrogens (tertiary/aromatic N) is 1. The van der Waals surface area contributed by atoms with Crippen LogP contribution in [0.15, 0.2) is 18.2 Å². The first-order valence-electron chi connectivity index (χ1n) is 6.58. The third kappa shape index (κ3) is 3.38. The molecule has 1 atom stereocenters. The number of anilines is 2. The van der Waals surface area contributed by atoms with Gasteiger partial charge in [0, 0.05) is 19.3 Å². The van der Waals surface area contributed by atoms with Crippen molar-refractivity contribution in [2.24, 2.45) is 11.7 Å². The number of rotatable bonds is 5. The molecule has 0 spiro atoms. The molecule has 0 aliphatic carbocycles. The number of amides is 1. The summed E-state index contributed by atoms with van der Waals surface area (Å²) in [4.78, 5) is 13.5. The molecule has 1 heterocycles. The smallest absolute Gasteiger partial charge is 0.262 e. The maximum Gasteiger partial charge on any atom is 0.262 e. The van der Waals surface area contributed by atoms with Crippen LogP contribution in [0.1, 0.15) is 13.3 Å².